The van der Waals surface area contributed by atoms with Crippen LogP contribution in [-0.4, -0.2) is 36.4 Å². The summed E-state index contributed by atoms with van der Waals surface area (Å²) in [6, 6.07) is 0. The molecule has 7 atom stereocenters. The normalized spacial score (nSPS) is 40.6. The smallest absolute Gasteiger partial charge is 0.310 e. The Hall–Kier alpha value is -1.36. The first-order valence-electron chi connectivity index (χ1n) is 11.6. The monoisotopic (exact) mass is 420 g/mol. The van der Waals surface area contributed by atoms with Crippen molar-refractivity contribution in [2.45, 2.75) is 79.8 Å². The minimum absolute atomic E-state index is 0.0983. The summed E-state index contributed by atoms with van der Waals surface area (Å²) in [5.41, 5.74) is 0.381. The molecule has 3 rings (SSSR count). The maximum Gasteiger partial charge on any atom is 0.310 e. The van der Waals surface area contributed by atoms with Gasteiger partial charge in [-0.25, -0.2) is 0 Å². The topological polar surface area (TPSA) is 72.8 Å². The van der Waals surface area contributed by atoms with Gasteiger partial charge in [0.25, 0.3) is 0 Å². The summed E-state index contributed by atoms with van der Waals surface area (Å²) in [6.07, 6.45) is 9.52. The van der Waals surface area contributed by atoms with Gasteiger partial charge in [0.05, 0.1) is 5.92 Å². The molecule has 5 nitrogen and oxygen atoms in total. The van der Waals surface area contributed by atoms with Gasteiger partial charge in [-0.05, 0) is 59.7 Å². The molecular formula is C25H40O5. The highest BCUT2D eigenvalue weighted by molar-refractivity contribution is 5.74. The number of carbonyl (C=O) groups excluding carboxylic acids is 2. The van der Waals surface area contributed by atoms with Crippen LogP contribution in [0.5, 0.6) is 0 Å². The average Bonchev–Trinajstić information content (AvgIpc) is 2.63. The molecule has 0 aromatic heterocycles. The number of aliphatic hydroxyl groups is 1. The van der Waals surface area contributed by atoms with Crippen molar-refractivity contribution in [3.63, 3.8) is 0 Å². The molecule has 3 aliphatic rings. The van der Waals surface area contributed by atoms with E-state index in [9.17, 15) is 14.7 Å². The fourth-order valence-corrected chi connectivity index (χ4v) is 7.42. The van der Waals surface area contributed by atoms with Crippen molar-refractivity contribution < 1.29 is 24.2 Å². The minimum atomic E-state index is -0.997. The summed E-state index contributed by atoms with van der Waals surface area (Å²) in [5.74, 6) is 0.193. The summed E-state index contributed by atoms with van der Waals surface area (Å²) in [5, 5.41) is 9.99. The van der Waals surface area contributed by atoms with Crippen LogP contribution in [0.4, 0.5) is 0 Å². The Morgan fingerprint density at radius 1 is 1.03 bits per heavy atom. The molecule has 3 aliphatic carbocycles. The second-order valence-corrected chi connectivity index (χ2v) is 11.2. The van der Waals surface area contributed by atoms with Gasteiger partial charge in [-0.1, -0.05) is 53.2 Å². The highest BCUT2D eigenvalue weighted by Crippen LogP contribution is 2.67. The van der Waals surface area contributed by atoms with E-state index in [4.69, 9.17) is 9.47 Å². The van der Waals surface area contributed by atoms with Crippen LogP contribution >= 0.6 is 0 Å². The van der Waals surface area contributed by atoms with E-state index in [-0.39, 0.29) is 41.8 Å². The molecule has 0 aromatic carbocycles. The quantitative estimate of drug-likeness (QED) is 0.523. The highest BCUT2D eigenvalue weighted by Gasteiger charge is 2.62. The van der Waals surface area contributed by atoms with Crippen LogP contribution in [0.25, 0.3) is 0 Å². The first kappa shape index (κ1) is 23.3. The number of allylic oxidation sites excluding steroid dienone is 2. The van der Waals surface area contributed by atoms with Crippen molar-refractivity contribution in [1.29, 1.82) is 0 Å². The average molecular weight is 421 g/mol. The van der Waals surface area contributed by atoms with Crippen molar-refractivity contribution in [2.75, 3.05) is 13.2 Å². The molecule has 0 bridgehead atoms. The van der Waals surface area contributed by atoms with Gasteiger partial charge in [-0.15, -0.1) is 0 Å². The Balaban J connectivity index is 1.78. The van der Waals surface area contributed by atoms with E-state index in [1.165, 1.54) is 26.2 Å². The molecule has 0 unspecified atom stereocenters. The molecule has 0 aliphatic heterocycles. The van der Waals surface area contributed by atoms with Gasteiger partial charge in [0.1, 0.15) is 19.3 Å². The van der Waals surface area contributed by atoms with Crippen molar-refractivity contribution in [3.05, 3.63) is 12.2 Å². The number of carbonyl (C=O) groups is 2. The molecule has 2 fully saturated rings. The van der Waals surface area contributed by atoms with E-state index >= 15 is 0 Å². The lowest BCUT2D eigenvalue weighted by atomic mass is 9.40. The number of hydrogen-bond acceptors (Lipinski definition) is 5. The summed E-state index contributed by atoms with van der Waals surface area (Å²) in [7, 11) is 0. The van der Waals surface area contributed by atoms with E-state index in [0.717, 1.165) is 12.8 Å². The minimum Gasteiger partial charge on any atom is -0.463 e. The summed E-state index contributed by atoms with van der Waals surface area (Å²) < 4.78 is 10.4. The molecule has 0 saturated heterocycles. The summed E-state index contributed by atoms with van der Waals surface area (Å²) in [4.78, 5) is 24.1. The molecule has 1 N–H and O–H groups in total. The number of fused-ring (bicyclic) bond motifs is 3. The van der Waals surface area contributed by atoms with Gasteiger partial charge in [0.2, 0.25) is 0 Å². The van der Waals surface area contributed by atoms with Crippen molar-refractivity contribution in [2.24, 2.45) is 39.9 Å². The number of rotatable bonds is 5. The van der Waals surface area contributed by atoms with Crippen LogP contribution in [0.1, 0.15) is 73.6 Å². The fourth-order valence-electron chi connectivity index (χ4n) is 7.42. The van der Waals surface area contributed by atoms with Crippen molar-refractivity contribution in [3.8, 4) is 0 Å². The number of aliphatic hydroxyl groups excluding tert-OH is 1. The van der Waals surface area contributed by atoms with E-state index in [2.05, 4.69) is 46.8 Å². The van der Waals surface area contributed by atoms with Gasteiger partial charge < -0.3 is 14.6 Å². The van der Waals surface area contributed by atoms with Crippen molar-refractivity contribution in [1.82, 2.24) is 0 Å². The van der Waals surface area contributed by atoms with Crippen LogP contribution < -0.4 is 0 Å². The maximum absolute atomic E-state index is 13.2. The second-order valence-electron chi connectivity index (χ2n) is 11.2. The third-order valence-electron chi connectivity index (χ3n) is 8.66. The zero-order valence-electron chi connectivity index (χ0n) is 19.6. The van der Waals surface area contributed by atoms with E-state index in [0.29, 0.717) is 17.3 Å². The number of hydrogen-bond donors (Lipinski definition) is 1. The zero-order valence-corrected chi connectivity index (χ0v) is 19.6. The summed E-state index contributed by atoms with van der Waals surface area (Å²) in [6.45, 7) is 12.7. The SMILES string of the molecule is CC(=O)OC[C@H](O)COC(=O)[C@H]1[C@H](C)C=C[C@H]2[C@]3(C)CCCC(C)(C)[C@H]3CC[C@@]21C. The summed E-state index contributed by atoms with van der Waals surface area (Å²) >= 11 is 0. The molecule has 0 heterocycles. The molecule has 5 heteroatoms. The lowest BCUT2D eigenvalue weighted by Gasteiger charge is -2.64. The number of esters is 2. The van der Waals surface area contributed by atoms with Gasteiger partial charge >= 0.3 is 11.9 Å². The molecule has 0 radical (unpaired) electrons. The van der Waals surface area contributed by atoms with Crippen molar-refractivity contribution >= 4 is 11.9 Å². The fraction of sp³-hybridized carbons (Fsp3) is 0.840. The third-order valence-corrected chi connectivity index (χ3v) is 8.66. The van der Waals surface area contributed by atoms with Gasteiger partial charge in [0, 0.05) is 6.92 Å². The lowest BCUT2D eigenvalue weighted by molar-refractivity contribution is -0.176. The Kier molecular flexibility index (Phi) is 6.44. The highest BCUT2D eigenvalue weighted by atomic mass is 16.6. The first-order chi connectivity index (χ1) is 13.9. The maximum atomic E-state index is 13.2. The van der Waals surface area contributed by atoms with Crippen LogP contribution in [0.15, 0.2) is 12.2 Å². The molecule has 0 aromatic rings. The Morgan fingerprint density at radius 3 is 2.37 bits per heavy atom. The van der Waals surface area contributed by atoms with Crippen LogP contribution in [-0.2, 0) is 19.1 Å². The Labute approximate surface area is 181 Å². The third kappa shape index (κ3) is 4.06. The largest absolute Gasteiger partial charge is 0.463 e. The predicted octanol–water partition coefficient (Wildman–Crippen LogP) is 4.52. The molecule has 30 heavy (non-hydrogen) atoms. The van der Waals surface area contributed by atoms with E-state index in [1.54, 1.807) is 0 Å². The van der Waals surface area contributed by atoms with Crippen LogP contribution in [0.3, 0.4) is 0 Å². The first-order valence-corrected chi connectivity index (χ1v) is 11.6. The lowest BCUT2D eigenvalue weighted by Crippen LogP contribution is -2.59. The van der Waals surface area contributed by atoms with Gasteiger partial charge in [-0.3, -0.25) is 9.59 Å². The molecular weight excluding hydrogens is 380 g/mol. The van der Waals surface area contributed by atoms with Gasteiger partial charge in [-0.2, -0.15) is 0 Å². The Morgan fingerprint density at radius 2 is 1.70 bits per heavy atom. The molecule has 0 amide bonds. The second kappa shape index (κ2) is 8.29. The van der Waals surface area contributed by atoms with Crippen LogP contribution in [0.2, 0.25) is 0 Å². The number of ether oxygens (including phenoxy) is 2. The Bertz CT molecular complexity index is 698. The van der Waals surface area contributed by atoms with E-state index in [1.807, 2.05) is 0 Å². The van der Waals surface area contributed by atoms with Crippen LogP contribution in [0, 0.1) is 39.9 Å². The zero-order chi connectivity index (χ0) is 22.3. The standard InChI is InChI=1S/C25H40O5/c1-16-8-9-20-24(5)12-7-11-23(3,4)19(24)10-13-25(20,6)21(16)22(28)30-15-18(27)14-29-17(2)26/h8-9,16,18-21,27H,7,10-15H2,1-6H3/t16-,18+,19-,20+,21-,24-,25+/m1/s1. The molecule has 2 saturated carbocycles. The van der Waals surface area contributed by atoms with Gasteiger partial charge in [0.15, 0.2) is 0 Å². The predicted molar refractivity (Wildman–Crippen MR) is 115 cm³/mol. The molecule has 170 valence electrons. The van der Waals surface area contributed by atoms with E-state index < -0.39 is 12.1 Å². The molecule has 0 spiro atoms.